The molecule has 0 fully saturated rings. The molecule has 3 nitrogen and oxygen atoms in total. The smallest absolute Gasteiger partial charge is 0.434 e. The Bertz CT molecular complexity index is 259. The zero-order valence-corrected chi connectivity index (χ0v) is 7.56. The molecule has 0 aliphatic carbocycles. The highest BCUT2D eigenvalue weighted by atomic mass is 16.5. The summed E-state index contributed by atoms with van der Waals surface area (Å²) in [5, 5.41) is 3.74. The molecule has 1 amide bonds. The normalized spacial score (nSPS) is 9.31. The van der Waals surface area contributed by atoms with Crippen LogP contribution in [0.25, 0.3) is 0 Å². The molecule has 1 radical (unpaired) electrons. The number of hydrogen-bond donors (Lipinski definition) is 0. The summed E-state index contributed by atoms with van der Waals surface area (Å²) in [6, 6.07) is 9.04. The van der Waals surface area contributed by atoms with E-state index in [1.54, 1.807) is 12.1 Å². The van der Waals surface area contributed by atoms with E-state index in [9.17, 15) is 4.79 Å². The lowest BCUT2D eigenvalue weighted by molar-refractivity contribution is 0.150. The Labute approximate surface area is 77.7 Å². The maximum atomic E-state index is 11.0. The van der Waals surface area contributed by atoms with Crippen LogP contribution in [0.15, 0.2) is 30.3 Å². The van der Waals surface area contributed by atoms with Crippen molar-refractivity contribution in [3.8, 4) is 0 Å². The molecule has 0 heterocycles. The van der Waals surface area contributed by atoms with Gasteiger partial charge in [-0.3, -0.25) is 0 Å². The van der Waals surface area contributed by atoms with Gasteiger partial charge in [0, 0.05) is 0 Å². The van der Waals surface area contributed by atoms with Crippen LogP contribution in [0.3, 0.4) is 0 Å². The first kappa shape index (κ1) is 9.58. The van der Waals surface area contributed by atoms with Crippen LogP contribution in [-0.4, -0.2) is 12.7 Å². The van der Waals surface area contributed by atoms with E-state index in [2.05, 4.69) is 5.32 Å². The molecule has 0 saturated heterocycles. The summed E-state index contributed by atoms with van der Waals surface area (Å²) in [6.45, 7) is 2.37. The van der Waals surface area contributed by atoms with Gasteiger partial charge in [0.15, 0.2) is 0 Å². The lowest BCUT2D eigenvalue weighted by Gasteiger charge is -2.01. The van der Waals surface area contributed by atoms with Gasteiger partial charge in [0.2, 0.25) is 0 Å². The molecule has 1 aromatic carbocycles. The topological polar surface area (TPSA) is 40.4 Å². The van der Waals surface area contributed by atoms with Crippen molar-refractivity contribution in [2.24, 2.45) is 0 Å². The van der Waals surface area contributed by atoms with Gasteiger partial charge < -0.3 is 4.74 Å². The monoisotopic (exact) mass is 178 g/mol. The number of hydrogen-bond acceptors (Lipinski definition) is 2. The molecule has 1 rings (SSSR count). The Kier molecular flexibility index (Phi) is 3.82. The van der Waals surface area contributed by atoms with E-state index in [4.69, 9.17) is 4.74 Å². The molecule has 0 N–H and O–H groups in total. The van der Waals surface area contributed by atoms with Crippen molar-refractivity contribution in [1.82, 2.24) is 5.32 Å². The minimum Gasteiger partial charge on any atom is -0.448 e. The Hall–Kier alpha value is -1.51. The summed E-state index contributed by atoms with van der Waals surface area (Å²) in [5.41, 5.74) is 0.628. The van der Waals surface area contributed by atoms with Gasteiger partial charge in [-0.15, -0.1) is 0 Å². The average molecular weight is 178 g/mol. The molecule has 0 aliphatic rings. The third-order valence-electron chi connectivity index (χ3n) is 1.41. The summed E-state index contributed by atoms with van der Waals surface area (Å²) >= 11 is 0. The first-order valence-electron chi connectivity index (χ1n) is 4.26. The van der Waals surface area contributed by atoms with Crippen molar-refractivity contribution >= 4 is 11.8 Å². The summed E-state index contributed by atoms with van der Waals surface area (Å²) in [5.74, 6) is 0. The second kappa shape index (κ2) is 5.19. The SMILES string of the molecule is CCCOC(=O)[N]c1ccccc1. The molecule has 0 atom stereocenters. The summed E-state index contributed by atoms with van der Waals surface area (Å²) < 4.78 is 4.79. The highest BCUT2D eigenvalue weighted by Crippen LogP contribution is 2.05. The van der Waals surface area contributed by atoms with Crippen molar-refractivity contribution in [2.75, 3.05) is 6.61 Å². The van der Waals surface area contributed by atoms with Crippen molar-refractivity contribution in [3.63, 3.8) is 0 Å². The van der Waals surface area contributed by atoms with Crippen LogP contribution in [0.4, 0.5) is 10.5 Å². The fourth-order valence-electron chi connectivity index (χ4n) is 0.830. The first-order valence-corrected chi connectivity index (χ1v) is 4.26. The highest BCUT2D eigenvalue weighted by Gasteiger charge is 2.03. The second-order valence-corrected chi connectivity index (χ2v) is 2.56. The summed E-state index contributed by atoms with van der Waals surface area (Å²) in [4.78, 5) is 11.0. The van der Waals surface area contributed by atoms with Crippen LogP contribution in [0.2, 0.25) is 0 Å². The van der Waals surface area contributed by atoms with Gasteiger partial charge >= 0.3 is 6.09 Å². The Morgan fingerprint density at radius 2 is 2.08 bits per heavy atom. The van der Waals surface area contributed by atoms with Gasteiger partial charge in [0.1, 0.15) is 0 Å². The van der Waals surface area contributed by atoms with Gasteiger partial charge in [-0.25, -0.2) is 4.79 Å². The Morgan fingerprint density at radius 1 is 1.38 bits per heavy atom. The van der Waals surface area contributed by atoms with Crippen LogP contribution in [0, 0.1) is 0 Å². The molecule has 3 heteroatoms. The quantitative estimate of drug-likeness (QED) is 0.713. The van der Waals surface area contributed by atoms with Crippen LogP contribution >= 0.6 is 0 Å². The molecule has 0 aliphatic heterocycles. The lowest BCUT2D eigenvalue weighted by atomic mass is 10.3. The van der Waals surface area contributed by atoms with Crippen LogP contribution < -0.4 is 5.32 Å². The number of ether oxygens (including phenoxy) is 1. The van der Waals surface area contributed by atoms with Gasteiger partial charge in [0.05, 0.1) is 12.3 Å². The molecule has 0 unspecified atom stereocenters. The van der Waals surface area contributed by atoms with Crippen molar-refractivity contribution in [3.05, 3.63) is 30.3 Å². The predicted molar refractivity (Wildman–Crippen MR) is 49.9 cm³/mol. The van der Waals surface area contributed by atoms with Crippen LogP contribution in [-0.2, 0) is 4.74 Å². The van der Waals surface area contributed by atoms with E-state index in [-0.39, 0.29) is 0 Å². The lowest BCUT2D eigenvalue weighted by Crippen LogP contribution is -2.12. The average Bonchev–Trinajstić information content (AvgIpc) is 2.16. The molecule has 0 bridgehead atoms. The zero-order valence-electron chi connectivity index (χ0n) is 7.56. The van der Waals surface area contributed by atoms with Gasteiger partial charge in [-0.2, -0.15) is 5.32 Å². The number of benzene rings is 1. The van der Waals surface area contributed by atoms with Crippen molar-refractivity contribution < 1.29 is 9.53 Å². The zero-order chi connectivity index (χ0) is 9.52. The minimum atomic E-state index is -0.520. The molecule has 0 spiro atoms. The second-order valence-electron chi connectivity index (χ2n) is 2.56. The van der Waals surface area contributed by atoms with Gasteiger partial charge in [0.25, 0.3) is 0 Å². The minimum absolute atomic E-state index is 0.426. The van der Waals surface area contributed by atoms with Crippen LogP contribution in [0.1, 0.15) is 13.3 Å². The third kappa shape index (κ3) is 3.60. The largest absolute Gasteiger partial charge is 0.448 e. The van der Waals surface area contributed by atoms with E-state index in [1.807, 2.05) is 25.1 Å². The number of carbonyl (C=O) groups excluding carboxylic acids is 1. The van der Waals surface area contributed by atoms with Crippen molar-refractivity contribution in [1.29, 1.82) is 0 Å². The maximum absolute atomic E-state index is 11.0. The van der Waals surface area contributed by atoms with E-state index in [0.29, 0.717) is 12.3 Å². The number of para-hydroxylation sites is 1. The molecule has 69 valence electrons. The predicted octanol–water partition coefficient (Wildman–Crippen LogP) is 2.47. The summed E-state index contributed by atoms with van der Waals surface area (Å²) in [6.07, 6.45) is 0.295. The fraction of sp³-hybridized carbons (Fsp3) is 0.300. The number of nitrogens with zero attached hydrogens (tertiary/aromatic N) is 1. The first-order chi connectivity index (χ1) is 6.33. The Balaban J connectivity index is 2.37. The van der Waals surface area contributed by atoms with Crippen LogP contribution in [0.5, 0.6) is 0 Å². The third-order valence-corrected chi connectivity index (χ3v) is 1.41. The molecule has 0 aromatic heterocycles. The Morgan fingerprint density at radius 3 is 2.69 bits per heavy atom. The molecule has 13 heavy (non-hydrogen) atoms. The maximum Gasteiger partial charge on any atom is 0.434 e. The van der Waals surface area contributed by atoms with E-state index >= 15 is 0 Å². The fourth-order valence-corrected chi connectivity index (χ4v) is 0.830. The molecular formula is C10H12NO2. The highest BCUT2D eigenvalue weighted by molar-refractivity contribution is 5.73. The standard InChI is InChI=1S/C10H12NO2/c1-2-8-13-10(12)11-9-6-4-3-5-7-9/h3-7H,2,8H2,1H3. The number of rotatable bonds is 3. The van der Waals surface area contributed by atoms with Gasteiger partial charge in [-0.1, -0.05) is 25.1 Å². The number of amides is 1. The van der Waals surface area contributed by atoms with E-state index in [1.165, 1.54) is 0 Å². The molecular weight excluding hydrogens is 166 g/mol. The molecule has 0 saturated carbocycles. The van der Waals surface area contributed by atoms with Crippen molar-refractivity contribution in [2.45, 2.75) is 13.3 Å². The van der Waals surface area contributed by atoms with E-state index < -0.39 is 6.09 Å². The van der Waals surface area contributed by atoms with Gasteiger partial charge in [-0.05, 0) is 18.6 Å². The number of carbonyl (C=O) groups is 1. The molecule has 1 aromatic rings. The summed E-state index contributed by atoms with van der Waals surface area (Å²) in [7, 11) is 0. The van der Waals surface area contributed by atoms with E-state index in [0.717, 1.165) is 6.42 Å².